The Balaban J connectivity index is 2.03. The normalized spacial score (nSPS) is 12.6. The molecule has 0 radical (unpaired) electrons. The van der Waals surface area contributed by atoms with Crippen LogP contribution in [0.3, 0.4) is 0 Å². The van der Waals surface area contributed by atoms with Gasteiger partial charge in [-0.3, -0.25) is 0 Å². The van der Waals surface area contributed by atoms with E-state index in [1.807, 2.05) is 61.5 Å². The molecule has 5 nitrogen and oxygen atoms in total. The highest BCUT2D eigenvalue weighted by Crippen LogP contribution is 2.30. The molecule has 2 atom stereocenters. The lowest BCUT2D eigenvalue weighted by atomic mass is 10.0. The Morgan fingerprint density at radius 2 is 1.75 bits per heavy atom. The van der Waals surface area contributed by atoms with E-state index in [2.05, 4.69) is 4.79 Å². The average molecular weight is 324 g/mol. The van der Waals surface area contributed by atoms with Crippen molar-refractivity contribution < 1.29 is 19.1 Å². The molecule has 0 fully saturated rings. The lowest BCUT2D eigenvalue weighted by Crippen LogP contribution is -2.23. The SMILES string of the molecule is C[C@H](C[C@H](C)Oc1ccccc1-c1ccccc1)OC(=O)C=[N+]=[N-]. The number of ether oxygens (including phenoxy) is 2. The van der Waals surface area contributed by atoms with Gasteiger partial charge in [0.2, 0.25) is 0 Å². The highest BCUT2D eigenvalue weighted by Gasteiger charge is 2.16. The molecule has 5 heteroatoms. The molecule has 2 aromatic rings. The van der Waals surface area contributed by atoms with Gasteiger partial charge in [-0.15, -0.1) is 0 Å². The molecule has 0 bridgehead atoms. The predicted octanol–water partition coefficient (Wildman–Crippen LogP) is 3.74. The number of hydrogen-bond donors (Lipinski definition) is 0. The van der Waals surface area contributed by atoms with Gasteiger partial charge >= 0.3 is 12.2 Å². The van der Waals surface area contributed by atoms with Crippen LogP contribution in [-0.2, 0) is 9.53 Å². The van der Waals surface area contributed by atoms with Crippen LogP contribution >= 0.6 is 0 Å². The summed E-state index contributed by atoms with van der Waals surface area (Å²) >= 11 is 0. The minimum absolute atomic E-state index is 0.149. The largest absolute Gasteiger partial charge is 0.490 e. The second-order valence-corrected chi connectivity index (χ2v) is 5.52. The number of para-hydroxylation sites is 1. The first-order chi connectivity index (χ1) is 11.6. The molecule has 0 unspecified atom stereocenters. The van der Waals surface area contributed by atoms with E-state index < -0.39 is 5.97 Å². The monoisotopic (exact) mass is 324 g/mol. The van der Waals surface area contributed by atoms with Crippen molar-refractivity contribution in [3.05, 3.63) is 60.1 Å². The Morgan fingerprint density at radius 3 is 2.46 bits per heavy atom. The van der Waals surface area contributed by atoms with Crippen molar-refractivity contribution in [3.63, 3.8) is 0 Å². The van der Waals surface area contributed by atoms with Crippen LogP contribution in [0.5, 0.6) is 5.75 Å². The lowest BCUT2D eigenvalue weighted by molar-refractivity contribution is -0.144. The Labute approximate surface area is 141 Å². The standard InChI is InChI=1S/C19H20N2O3/c1-14(12-15(2)24-19(22)13-21-20)23-18-11-7-6-10-17(18)16-8-4-3-5-9-16/h3-11,13-15H,12H2,1-2H3/t14-,15+/m0/s1. The van der Waals surface area contributed by atoms with Crippen LogP contribution in [0.25, 0.3) is 16.7 Å². The molecule has 0 aliphatic rings. The number of rotatable bonds is 7. The second kappa shape index (κ2) is 8.65. The summed E-state index contributed by atoms with van der Waals surface area (Å²) in [5, 5.41) is 0. The topological polar surface area (TPSA) is 71.9 Å². The van der Waals surface area contributed by atoms with Gasteiger partial charge in [0.05, 0.1) is 6.10 Å². The van der Waals surface area contributed by atoms with Crippen LogP contribution in [0.4, 0.5) is 0 Å². The lowest BCUT2D eigenvalue weighted by Gasteiger charge is -2.20. The first-order valence-electron chi connectivity index (χ1n) is 7.79. The Morgan fingerprint density at radius 1 is 1.08 bits per heavy atom. The fourth-order valence-corrected chi connectivity index (χ4v) is 2.48. The second-order valence-electron chi connectivity index (χ2n) is 5.52. The summed E-state index contributed by atoms with van der Waals surface area (Å²) in [6.45, 7) is 3.69. The van der Waals surface area contributed by atoms with Crippen molar-refractivity contribution in [1.82, 2.24) is 0 Å². The van der Waals surface area contributed by atoms with Crippen LogP contribution in [0.15, 0.2) is 54.6 Å². The molecule has 0 N–H and O–H groups in total. The summed E-state index contributed by atoms with van der Waals surface area (Å²) in [7, 11) is 0. The van der Waals surface area contributed by atoms with E-state index in [-0.39, 0.29) is 12.2 Å². The molecular formula is C19H20N2O3. The van der Waals surface area contributed by atoms with E-state index in [0.717, 1.165) is 23.1 Å². The molecule has 24 heavy (non-hydrogen) atoms. The molecule has 0 spiro atoms. The predicted molar refractivity (Wildman–Crippen MR) is 91.8 cm³/mol. The molecule has 0 saturated heterocycles. The van der Waals surface area contributed by atoms with E-state index in [4.69, 9.17) is 15.0 Å². The van der Waals surface area contributed by atoms with Gasteiger partial charge in [-0.25, -0.2) is 4.79 Å². The van der Waals surface area contributed by atoms with E-state index in [1.165, 1.54) is 0 Å². The molecule has 0 heterocycles. The number of hydrogen-bond acceptors (Lipinski definition) is 3. The third kappa shape index (κ3) is 5.07. The van der Waals surface area contributed by atoms with E-state index >= 15 is 0 Å². The quantitative estimate of drug-likeness (QED) is 0.337. The van der Waals surface area contributed by atoms with Crippen molar-refractivity contribution in [2.75, 3.05) is 0 Å². The zero-order valence-electron chi connectivity index (χ0n) is 13.8. The number of nitrogens with zero attached hydrogens (tertiary/aromatic N) is 2. The highest BCUT2D eigenvalue weighted by atomic mass is 16.5. The molecule has 0 saturated carbocycles. The minimum atomic E-state index is -0.679. The van der Waals surface area contributed by atoms with Crippen LogP contribution in [0, 0.1) is 0 Å². The van der Waals surface area contributed by atoms with Gasteiger partial charge in [0.1, 0.15) is 11.9 Å². The smallest absolute Gasteiger partial charge is 0.413 e. The molecule has 0 aromatic heterocycles. The Hall–Kier alpha value is -2.91. The first-order valence-corrected chi connectivity index (χ1v) is 7.79. The van der Waals surface area contributed by atoms with E-state index in [1.54, 1.807) is 6.92 Å². The van der Waals surface area contributed by atoms with E-state index in [9.17, 15) is 4.79 Å². The third-order valence-electron chi connectivity index (χ3n) is 3.44. The van der Waals surface area contributed by atoms with E-state index in [0.29, 0.717) is 6.42 Å². The van der Waals surface area contributed by atoms with Gasteiger partial charge in [0.15, 0.2) is 0 Å². The molecule has 0 aliphatic heterocycles. The molecular weight excluding hydrogens is 304 g/mol. The summed E-state index contributed by atoms with van der Waals surface area (Å²) < 4.78 is 11.1. The maximum Gasteiger partial charge on any atom is 0.413 e. The van der Waals surface area contributed by atoms with Crippen molar-refractivity contribution in [1.29, 1.82) is 0 Å². The molecule has 2 aromatic carbocycles. The molecule has 0 aliphatic carbocycles. The fourth-order valence-electron chi connectivity index (χ4n) is 2.48. The van der Waals surface area contributed by atoms with Gasteiger partial charge in [0.25, 0.3) is 0 Å². The zero-order chi connectivity index (χ0) is 17.4. The number of carbonyl (C=O) groups is 1. The summed E-state index contributed by atoms with van der Waals surface area (Å²) in [4.78, 5) is 13.9. The summed E-state index contributed by atoms with van der Waals surface area (Å²) in [5.41, 5.74) is 10.4. The average Bonchev–Trinajstić information content (AvgIpc) is 2.56. The van der Waals surface area contributed by atoms with Gasteiger partial charge in [-0.05, 0) is 25.5 Å². The van der Waals surface area contributed by atoms with Crippen LogP contribution in [-0.4, -0.2) is 29.2 Å². The van der Waals surface area contributed by atoms with Gasteiger partial charge < -0.3 is 15.0 Å². The van der Waals surface area contributed by atoms with Crippen molar-refractivity contribution >= 4 is 12.2 Å². The summed E-state index contributed by atoms with van der Waals surface area (Å²) in [5.74, 6) is 0.105. The number of esters is 1. The van der Waals surface area contributed by atoms with Crippen LogP contribution < -0.4 is 4.74 Å². The van der Waals surface area contributed by atoms with Gasteiger partial charge in [-0.1, -0.05) is 48.5 Å². The third-order valence-corrected chi connectivity index (χ3v) is 3.44. The van der Waals surface area contributed by atoms with Gasteiger partial charge in [0, 0.05) is 12.0 Å². The number of carbonyl (C=O) groups excluding carboxylic acids is 1. The Bertz CT molecular complexity index is 724. The summed E-state index contributed by atoms with van der Waals surface area (Å²) in [6.07, 6.45) is 0.749. The zero-order valence-corrected chi connectivity index (χ0v) is 13.8. The van der Waals surface area contributed by atoms with Crippen molar-refractivity contribution in [3.8, 4) is 16.9 Å². The van der Waals surface area contributed by atoms with Gasteiger partial charge in [-0.2, -0.15) is 4.79 Å². The molecule has 124 valence electrons. The fraction of sp³-hybridized carbons (Fsp3) is 0.263. The Kier molecular flexibility index (Phi) is 6.29. The van der Waals surface area contributed by atoms with Crippen LogP contribution in [0.2, 0.25) is 0 Å². The van der Waals surface area contributed by atoms with Crippen molar-refractivity contribution in [2.45, 2.75) is 32.5 Å². The first kappa shape index (κ1) is 17.4. The number of benzene rings is 2. The highest BCUT2D eigenvalue weighted by molar-refractivity contribution is 6.20. The molecule has 0 amide bonds. The van der Waals surface area contributed by atoms with Crippen LogP contribution in [0.1, 0.15) is 20.3 Å². The maximum atomic E-state index is 11.3. The van der Waals surface area contributed by atoms with Crippen molar-refractivity contribution in [2.24, 2.45) is 0 Å². The summed E-state index contributed by atoms with van der Waals surface area (Å²) in [6, 6.07) is 17.8. The minimum Gasteiger partial charge on any atom is -0.490 e. The molecule has 2 rings (SSSR count). The maximum absolute atomic E-state index is 11.3.